The molecule has 0 saturated carbocycles. The first kappa shape index (κ1) is 11.8. The van der Waals surface area contributed by atoms with Gasteiger partial charge in [0, 0.05) is 17.2 Å². The molecule has 2 rings (SSSR count). The highest BCUT2D eigenvalue weighted by Gasteiger charge is 2.09. The average Bonchev–Trinajstić information content (AvgIpc) is 2.33. The van der Waals surface area contributed by atoms with Gasteiger partial charge in [0.1, 0.15) is 5.75 Å². The van der Waals surface area contributed by atoms with Gasteiger partial charge in [-0.2, -0.15) is 0 Å². The van der Waals surface area contributed by atoms with Crippen LogP contribution in [0.1, 0.15) is 19.3 Å². The molecule has 0 spiro atoms. The van der Waals surface area contributed by atoms with E-state index < -0.39 is 0 Å². The van der Waals surface area contributed by atoms with Gasteiger partial charge in [-0.3, -0.25) is 0 Å². The molecule has 1 aliphatic rings. The molecule has 0 unspecified atom stereocenters. The Bertz CT molecular complexity index is 306. The van der Waals surface area contributed by atoms with Crippen LogP contribution in [0.25, 0.3) is 0 Å². The third-order valence-electron chi connectivity index (χ3n) is 2.96. The number of hydrogen-bond donors (Lipinski definition) is 1. The topological polar surface area (TPSA) is 23.5 Å². The van der Waals surface area contributed by atoms with Crippen molar-refractivity contribution in [1.82, 2.24) is 4.90 Å². The minimum atomic E-state index is 0.348. The van der Waals surface area contributed by atoms with E-state index in [-0.39, 0.29) is 0 Å². The third-order valence-corrected chi connectivity index (χ3v) is 3.95. The lowest BCUT2D eigenvalue weighted by molar-refractivity contribution is 0.242. The highest BCUT2D eigenvalue weighted by atomic mass is 32.2. The largest absolute Gasteiger partial charge is 0.508 e. The van der Waals surface area contributed by atoms with Crippen LogP contribution in [0.5, 0.6) is 5.75 Å². The molecule has 16 heavy (non-hydrogen) atoms. The molecule has 1 aromatic rings. The summed E-state index contributed by atoms with van der Waals surface area (Å²) < 4.78 is 0. The van der Waals surface area contributed by atoms with E-state index in [4.69, 9.17) is 5.11 Å². The lowest BCUT2D eigenvalue weighted by atomic mass is 10.1. The summed E-state index contributed by atoms with van der Waals surface area (Å²) in [5.74, 6) is 1.49. The van der Waals surface area contributed by atoms with Crippen LogP contribution in [0, 0.1) is 0 Å². The zero-order valence-electron chi connectivity index (χ0n) is 9.56. The Balaban J connectivity index is 1.69. The average molecular weight is 237 g/mol. The van der Waals surface area contributed by atoms with Crippen LogP contribution in [-0.4, -0.2) is 35.4 Å². The van der Waals surface area contributed by atoms with Crippen LogP contribution in [-0.2, 0) is 0 Å². The minimum absolute atomic E-state index is 0.348. The Morgan fingerprint density at radius 2 is 1.75 bits per heavy atom. The molecule has 0 amide bonds. The molecule has 1 saturated heterocycles. The number of benzene rings is 1. The summed E-state index contributed by atoms with van der Waals surface area (Å²) in [6, 6.07) is 7.47. The SMILES string of the molecule is Oc1ccc(SCCN2CCCCC2)cc1. The number of likely N-dealkylation sites (tertiary alicyclic amines) is 1. The summed E-state index contributed by atoms with van der Waals surface area (Å²) in [7, 11) is 0. The van der Waals surface area contributed by atoms with Crippen LogP contribution < -0.4 is 0 Å². The van der Waals surface area contributed by atoms with Gasteiger partial charge in [0.25, 0.3) is 0 Å². The highest BCUT2D eigenvalue weighted by Crippen LogP contribution is 2.21. The van der Waals surface area contributed by atoms with Crippen molar-refractivity contribution >= 4 is 11.8 Å². The Hall–Kier alpha value is -0.670. The van der Waals surface area contributed by atoms with Crippen LogP contribution >= 0.6 is 11.8 Å². The van der Waals surface area contributed by atoms with Crippen LogP contribution in [0.15, 0.2) is 29.2 Å². The number of phenols is 1. The second kappa shape index (κ2) is 6.16. The van der Waals surface area contributed by atoms with Crippen molar-refractivity contribution in [2.24, 2.45) is 0 Å². The summed E-state index contributed by atoms with van der Waals surface area (Å²) in [4.78, 5) is 3.80. The number of nitrogens with zero attached hydrogens (tertiary/aromatic N) is 1. The van der Waals surface area contributed by atoms with Gasteiger partial charge in [0.15, 0.2) is 0 Å². The summed E-state index contributed by atoms with van der Waals surface area (Å²) in [5, 5.41) is 9.17. The summed E-state index contributed by atoms with van der Waals surface area (Å²) in [6.07, 6.45) is 4.13. The van der Waals surface area contributed by atoms with Crippen LogP contribution in [0.2, 0.25) is 0 Å². The number of rotatable bonds is 4. The van der Waals surface area contributed by atoms with Gasteiger partial charge in [0.05, 0.1) is 0 Å². The second-order valence-electron chi connectivity index (χ2n) is 4.24. The molecule has 1 aromatic carbocycles. The molecule has 1 fully saturated rings. The standard InChI is InChI=1S/C13H19NOS/c15-12-4-6-13(7-5-12)16-11-10-14-8-2-1-3-9-14/h4-7,15H,1-3,8-11H2. The quantitative estimate of drug-likeness (QED) is 0.814. The summed E-state index contributed by atoms with van der Waals surface area (Å²) in [6.45, 7) is 3.73. The molecule has 1 aliphatic heterocycles. The number of piperidine rings is 1. The van der Waals surface area contributed by atoms with Crippen molar-refractivity contribution in [3.63, 3.8) is 0 Å². The monoisotopic (exact) mass is 237 g/mol. The number of aromatic hydroxyl groups is 1. The fraction of sp³-hybridized carbons (Fsp3) is 0.538. The van der Waals surface area contributed by atoms with Gasteiger partial charge >= 0.3 is 0 Å². The predicted molar refractivity (Wildman–Crippen MR) is 69.1 cm³/mol. The van der Waals surface area contributed by atoms with E-state index in [9.17, 15) is 0 Å². The first-order valence-electron chi connectivity index (χ1n) is 5.99. The minimum Gasteiger partial charge on any atom is -0.508 e. The summed E-state index contributed by atoms with van der Waals surface area (Å²) >= 11 is 1.87. The number of thioether (sulfide) groups is 1. The zero-order valence-corrected chi connectivity index (χ0v) is 10.4. The molecule has 1 N–H and O–H groups in total. The van der Waals surface area contributed by atoms with E-state index >= 15 is 0 Å². The highest BCUT2D eigenvalue weighted by molar-refractivity contribution is 7.99. The van der Waals surface area contributed by atoms with E-state index in [1.165, 1.54) is 43.8 Å². The Morgan fingerprint density at radius 1 is 1.06 bits per heavy atom. The van der Waals surface area contributed by atoms with Crippen molar-refractivity contribution in [2.45, 2.75) is 24.2 Å². The first-order chi connectivity index (χ1) is 7.84. The fourth-order valence-electron chi connectivity index (χ4n) is 2.02. The second-order valence-corrected chi connectivity index (χ2v) is 5.41. The van der Waals surface area contributed by atoms with E-state index in [0.29, 0.717) is 5.75 Å². The van der Waals surface area contributed by atoms with Crippen molar-refractivity contribution in [2.75, 3.05) is 25.4 Å². The molecule has 0 aliphatic carbocycles. The lowest BCUT2D eigenvalue weighted by Crippen LogP contribution is -2.31. The lowest BCUT2D eigenvalue weighted by Gasteiger charge is -2.26. The van der Waals surface area contributed by atoms with E-state index in [2.05, 4.69) is 4.90 Å². The maximum Gasteiger partial charge on any atom is 0.115 e. The van der Waals surface area contributed by atoms with Crippen LogP contribution in [0.3, 0.4) is 0 Å². The zero-order chi connectivity index (χ0) is 11.2. The predicted octanol–water partition coefficient (Wildman–Crippen LogP) is 2.97. The van der Waals surface area contributed by atoms with Crippen molar-refractivity contribution < 1.29 is 5.11 Å². The maximum atomic E-state index is 9.17. The molecule has 0 aromatic heterocycles. The van der Waals surface area contributed by atoms with E-state index in [0.717, 1.165) is 5.75 Å². The van der Waals surface area contributed by atoms with Crippen LogP contribution in [0.4, 0.5) is 0 Å². The molecular formula is C13H19NOS. The molecule has 0 radical (unpaired) electrons. The van der Waals surface area contributed by atoms with E-state index in [1.807, 2.05) is 23.9 Å². The van der Waals surface area contributed by atoms with Gasteiger partial charge < -0.3 is 10.0 Å². The fourth-order valence-corrected chi connectivity index (χ4v) is 2.93. The Labute approximate surface area is 102 Å². The molecular weight excluding hydrogens is 218 g/mol. The van der Waals surface area contributed by atoms with Gasteiger partial charge in [-0.05, 0) is 50.2 Å². The molecule has 3 heteroatoms. The molecule has 1 heterocycles. The first-order valence-corrected chi connectivity index (χ1v) is 6.97. The smallest absolute Gasteiger partial charge is 0.115 e. The molecule has 2 nitrogen and oxygen atoms in total. The normalized spacial score (nSPS) is 17.5. The molecule has 88 valence electrons. The van der Waals surface area contributed by atoms with Gasteiger partial charge in [-0.1, -0.05) is 6.42 Å². The van der Waals surface area contributed by atoms with Crippen molar-refractivity contribution in [3.8, 4) is 5.75 Å². The van der Waals surface area contributed by atoms with Gasteiger partial charge in [0.2, 0.25) is 0 Å². The van der Waals surface area contributed by atoms with Gasteiger partial charge in [-0.25, -0.2) is 0 Å². The Kier molecular flexibility index (Phi) is 4.55. The molecule has 0 atom stereocenters. The number of hydrogen-bond acceptors (Lipinski definition) is 3. The van der Waals surface area contributed by atoms with E-state index in [1.54, 1.807) is 12.1 Å². The molecule has 0 bridgehead atoms. The maximum absolute atomic E-state index is 9.17. The van der Waals surface area contributed by atoms with Crippen molar-refractivity contribution in [1.29, 1.82) is 0 Å². The van der Waals surface area contributed by atoms with Gasteiger partial charge in [-0.15, -0.1) is 11.8 Å². The summed E-state index contributed by atoms with van der Waals surface area (Å²) in [5.41, 5.74) is 0. The Morgan fingerprint density at radius 3 is 2.44 bits per heavy atom. The number of phenolic OH excluding ortho intramolecular Hbond substituents is 1. The van der Waals surface area contributed by atoms with Crippen molar-refractivity contribution in [3.05, 3.63) is 24.3 Å². The third kappa shape index (κ3) is 3.72.